The van der Waals surface area contributed by atoms with Crippen LogP contribution in [0.2, 0.25) is 0 Å². The summed E-state index contributed by atoms with van der Waals surface area (Å²) < 4.78 is 7.32. The molecule has 6 nitrogen and oxygen atoms in total. The van der Waals surface area contributed by atoms with Gasteiger partial charge in [0.15, 0.2) is 0 Å². The van der Waals surface area contributed by atoms with Gasteiger partial charge in [0.25, 0.3) is 5.56 Å². The highest BCUT2D eigenvalue weighted by molar-refractivity contribution is 7.20. The number of aromatic nitrogens is 3. The number of aryl methyl sites for hydroxylation is 1. The van der Waals surface area contributed by atoms with E-state index < -0.39 is 0 Å². The number of hydrogen-bond donors (Lipinski definition) is 0. The minimum atomic E-state index is -0.375. The number of nitrogens with zero attached hydrogens (tertiary/aromatic N) is 3. The lowest BCUT2D eigenvalue weighted by molar-refractivity contribution is -0.142. The van der Waals surface area contributed by atoms with Crippen LogP contribution < -0.4 is 5.56 Å². The fourth-order valence-corrected chi connectivity index (χ4v) is 3.88. The third-order valence-corrected chi connectivity index (χ3v) is 5.22. The standard InChI is InChI=1S/C20H17N3O3S/c1-3-26-18(24)11-15-13-6-4-5-7-14(13)19(25)23(22-15)20-21-16-10-12(2)8-9-17(16)27-20/h4-10H,3,11H2,1-2H3. The van der Waals surface area contributed by atoms with E-state index in [9.17, 15) is 9.59 Å². The van der Waals surface area contributed by atoms with Gasteiger partial charge < -0.3 is 4.74 Å². The third kappa shape index (κ3) is 3.21. The van der Waals surface area contributed by atoms with Crippen molar-refractivity contribution in [2.24, 2.45) is 0 Å². The average Bonchev–Trinajstić information content (AvgIpc) is 3.07. The molecular weight excluding hydrogens is 362 g/mol. The first-order chi connectivity index (χ1) is 13.1. The Morgan fingerprint density at radius 1 is 1.19 bits per heavy atom. The largest absolute Gasteiger partial charge is 0.466 e. The van der Waals surface area contributed by atoms with E-state index in [1.807, 2.05) is 31.2 Å². The van der Waals surface area contributed by atoms with Crippen LogP contribution >= 0.6 is 11.3 Å². The lowest BCUT2D eigenvalue weighted by atomic mass is 10.1. The molecule has 0 aliphatic carbocycles. The normalized spacial score (nSPS) is 11.2. The smallest absolute Gasteiger partial charge is 0.311 e. The van der Waals surface area contributed by atoms with Crippen molar-refractivity contribution in [2.45, 2.75) is 20.3 Å². The van der Waals surface area contributed by atoms with Gasteiger partial charge >= 0.3 is 5.97 Å². The van der Waals surface area contributed by atoms with Crippen molar-refractivity contribution in [1.82, 2.24) is 14.8 Å². The first-order valence-electron chi connectivity index (χ1n) is 8.61. The third-order valence-electron chi connectivity index (χ3n) is 4.21. The van der Waals surface area contributed by atoms with Gasteiger partial charge in [-0.15, -0.1) is 0 Å². The molecule has 27 heavy (non-hydrogen) atoms. The molecule has 2 heterocycles. The summed E-state index contributed by atoms with van der Waals surface area (Å²) in [5, 5.41) is 6.10. The summed E-state index contributed by atoms with van der Waals surface area (Å²) >= 11 is 1.39. The molecule has 0 bridgehead atoms. The second-order valence-corrected chi connectivity index (χ2v) is 7.17. The summed E-state index contributed by atoms with van der Waals surface area (Å²) in [6.45, 7) is 4.05. The van der Waals surface area contributed by atoms with Gasteiger partial charge in [0.2, 0.25) is 5.13 Å². The van der Waals surface area contributed by atoms with Gasteiger partial charge in [0.1, 0.15) is 0 Å². The molecule has 0 amide bonds. The number of carbonyl (C=O) groups is 1. The Balaban J connectivity index is 1.92. The molecule has 0 spiro atoms. The van der Waals surface area contributed by atoms with E-state index in [-0.39, 0.29) is 17.9 Å². The van der Waals surface area contributed by atoms with Gasteiger partial charge in [-0.2, -0.15) is 9.78 Å². The maximum absolute atomic E-state index is 13.0. The van der Waals surface area contributed by atoms with Crippen molar-refractivity contribution in [2.75, 3.05) is 6.61 Å². The van der Waals surface area contributed by atoms with Gasteiger partial charge in [-0.25, -0.2) is 4.98 Å². The number of esters is 1. The van der Waals surface area contributed by atoms with Crippen LogP contribution in [0.15, 0.2) is 47.3 Å². The van der Waals surface area contributed by atoms with Crippen molar-refractivity contribution in [3.8, 4) is 5.13 Å². The second kappa shape index (κ2) is 6.92. The molecule has 0 saturated carbocycles. The Labute approximate surface area is 159 Å². The van der Waals surface area contributed by atoms with Gasteiger partial charge in [0.05, 0.1) is 34.3 Å². The molecule has 0 radical (unpaired) electrons. The highest BCUT2D eigenvalue weighted by Crippen LogP contribution is 2.25. The van der Waals surface area contributed by atoms with Crippen LogP contribution in [0.1, 0.15) is 18.2 Å². The van der Waals surface area contributed by atoms with Gasteiger partial charge in [0, 0.05) is 5.39 Å². The molecule has 0 aliphatic rings. The van der Waals surface area contributed by atoms with Gasteiger partial charge in [-0.1, -0.05) is 35.6 Å². The van der Waals surface area contributed by atoms with Crippen LogP contribution in [-0.4, -0.2) is 27.3 Å². The van der Waals surface area contributed by atoms with E-state index in [1.54, 1.807) is 25.1 Å². The Kier molecular flexibility index (Phi) is 4.45. The predicted octanol–water partition coefficient (Wildman–Crippen LogP) is 3.41. The van der Waals surface area contributed by atoms with Gasteiger partial charge in [-0.05, 0) is 37.6 Å². The van der Waals surface area contributed by atoms with Crippen molar-refractivity contribution < 1.29 is 9.53 Å². The number of thiazole rings is 1. The van der Waals surface area contributed by atoms with Crippen LogP contribution in [0, 0.1) is 6.92 Å². The molecule has 0 fully saturated rings. The predicted molar refractivity (Wildman–Crippen MR) is 106 cm³/mol. The molecule has 0 aliphatic heterocycles. The molecule has 4 aromatic rings. The van der Waals surface area contributed by atoms with E-state index in [1.165, 1.54) is 16.0 Å². The lowest BCUT2D eigenvalue weighted by Gasteiger charge is -2.08. The molecule has 136 valence electrons. The monoisotopic (exact) mass is 379 g/mol. The van der Waals surface area contributed by atoms with Gasteiger partial charge in [-0.3, -0.25) is 9.59 Å². The van der Waals surface area contributed by atoms with Crippen LogP contribution in [0.4, 0.5) is 0 Å². The van der Waals surface area contributed by atoms with E-state index in [0.717, 1.165) is 15.8 Å². The van der Waals surface area contributed by atoms with Crippen LogP contribution in [0.5, 0.6) is 0 Å². The SMILES string of the molecule is CCOC(=O)Cc1nn(-c2nc3cc(C)ccc3s2)c(=O)c2ccccc12. The Morgan fingerprint density at radius 3 is 2.74 bits per heavy atom. The van der Waals surface area contributed by atoms with Crippen molar-refractivity contribution in [3.63, 3.8) is 0 Å². The van der Waals surface area contributed by atoms with E-state index >= 15 is 0 Å². The number of hydrogen-bond acceptors (Lipinski definition) is 6. The van der Waals surface area contributed by atoms with Crippen LogP contribution in [0.3, 0.4) is 0 Å². The number of carbonyl (C=O) groups excluding carboxylic acids is 1. The highest BCUT2D eigenvalue weighted by atomic mass is 32.1. The topological polar surface area (TPSA) is 74.1 Å². The summed E-state index contributed by atoms with van der Waals surface area (Å²) in [7, 11) is 0. The minimum Gasteiger partial charge on any atom is -0.466 e. The molecule has 4 rings (SSSR count). The quantitative estimate of drug-likeness (QED) is 0.508. The zero-order chi connectivity index (χ0) is 19.0. The van der Waals surface area contributed by atoms with Crippen LogP contribution in [-0.2, 0) is 16.0 Å². The highest BCUT2D eigenvalue weighted by Gasteiger charge is 2.17. The summed E-state index contributed by atoms with van der Waals surface area (Å²) in [5.41, 5.74) is 2.16. The van der Waals surface area contributed by atoms with E-state index in [0.29, 0.717) is 28.2 Å². The minimum absolute atomic E-state index is 0.00135. The summed E-state index contributed by atoms with van der Waals surface area (Å²) in [6.07, 6.45) is -0.00135. The zero-order valence-electron chi connectivity index (χ0n) is 14.9. The Bertz CT molecular complexity index is 1230. The maximum Gasteiger partial charge on any atom is 0.311 e. The molecule has 0 atom stereocenters. The van der Waals surface area contributed by atoms with Crippen molar-refractivity contribution in [3.05, 3.63) is 64.1 Å². The molecular formula is C20H17N3O3S. The first-order valence-corrected chi connectivity index (χ1v) is 9.42. The molecule has 0 N–H and O–H groups in total. The molecule has 0 saturated heterocycles. The van der Waals surface area contributed by atoms with E-state index in [2.05, 4.69) is 10.1 Å². The lowest BCUT2D eigenvalue weighted by Crippen LogP contribution is -2.24. The molecule has 2 aromatic carbocycles. The van der Waals surface area contributed by atoms with E-state index in [4.69, 9.17) is 4.74 Å². The zero-order valence-corrected chi connectivity index (χ0v) is 15.7. The van der Waals surface area contributed by atoms with Crippen molar-refractivity contribution >= 4 is 38.3 Å². The first kappa shape index (κ1) is 17.4. The summed E-state index contributed by atoms with van der Waals surface area (Å²) in [6, 6.07) is 13.1. The Hall–Kier alpha value is -3.06. The Morgan fingerprint density at radius 2 is 1.96 bits per heavy atom. The summed E-state index contributed by atoms with van der Waals surface area (Å²) in [5.74, 6) is -0.375. The number of rotatable bonds is 4. The van der Waals surface area contributed by atoms with Crippen molar-refractivity contribution in [1.29, 1.82) is 0 Å². The molecule has 7 heteroatoms. The van der Waals surface area contributed by atoms with Crippen LogP contribution in [0.25, 0.3) is 26.1 Å². The maximum atomic E-state index is 13.0. The molecule has 0 unspecified atom stereocenters. The summed E-state index contributed by atoms with van der Waals surface area (Å²) in [4.78, 5) is 29.6. The number of fused-ring (bicyclic) bond motifs is 2. The average molecular weight is 379 g/mol. The second-order valence-electron chi connectivity index (χ2n) is 6.16. The fourth-order valence-electron chi connectivity index (χ4n) is 2.98. The molecule has 2 aromatic heterocycles. The number of benzene rings is 2. The number of ether oxygens (including phenoxy) is 1. The fraction of sp³-hybridized carbons (Fsp3) is 0.200.